The number of hydrogen-bond acceptors (Lipinski definition) is 2. The van der Waals surface area contributed by atoms with Crippen molar-refractivity contribution >= 4 is 11.6 Å². The van der Waals surface area contributed by atoms with Gasteiger partial charge in [-0.3, -0.25) is 4.79 Å². The minimum Gasteiger partial charge on any atom is -0.306 e. The molecule has 1 amide bonds. The normalized spacial score (nSPS) is 13.2. The van der Waals surface area contributed by atoms with Crippen molar-refractivity contribution in [2.45, 2.75) is 13.3 Å². The molecular formula is C19H15F2N3O. The predicted molar refractivity (Wildman–Crippen MR) is 90.0 cm³/mol. The Labute approximate surface area is 143 Å². The summed E-state index contributed by atoms with van der Waals surface area (Å²) in [6.45, 7) is 2.33. The number of halogens is 2. The van der Waals surface area contributed by atoms with Gasteiger partial charge in [0.15, 0.2) is 5.69 Å². The number of fused-ring (bicyclic) bond motifs is 1. The molecule has 0 atom stereocenters. The quantitative estimate of drug-likeness (QED) is 0.715. The van der Waals surface area contributed by atoms with Gasteiger partial charge in [0.2, 0.25) is 0 Å². The minimum atomic E-state index is -0.328. The average molecular weight is 339 g/mol. The van der Waals surface area contributed by atoms with E-state index in [0.717, 1.165) is 16.9 Å². The van der Waals surface area contributed by atoms with E-state index in [4.69, 9.17) is 0 Å². The van der Waals surface area contributed by atoms with E-state index in [1.807, 2.05) is 6.92 Å². The molecule has 2 heterocycles. The zero-order valence-corrected chi connectivity index (χ0v) is 13.5. The van der Waals surface area contributed by atoms with Crippen molar-refractivity contribution < 1.29 is 13.6 Å². The summed E-state index contributed by atoms with van der Waals surface area (Å²) in [6.07, 6.45) is 0.622. The number of carbonyl (C=O) groups is 1. The summed E-state index contributed by atoms with van der Waals surface area (Å²) in [5.41, 5.74) is 3.30. The molecule has 1 aromatic heterocycles. The second-order valence-electron chi connectivity index (χ2n) is 6.04. The summed E-state index contributed by atoms with van der Waals surface area (Å²) >= 11 is 0. The van der Waals surface area contributed by atoms with Gasteiger partial charge >= 0.3 is 0 Å². The fraction of sp³-hybridized carbons (Fsp3) is 0.158. The Morgan fingerprint density at radius 1 is 1.04 bits per heavy atom. The van der Waals surface area contributed by atoms with E-state index >= 15 is 0 Å². The van der Waals surface area contributed by atoms with Gasteiger partial charge in [0.1, 0.15) is 11.6 Å². The van der Waals surface area contributed by atoms with Crippen molar-refractivity contribution in [1.82, 2.24) is 9.78 Å². The summed E-state index contributed by atoms with van der Waals surface area (Å²) in [7, 11) is 0. The highest BCUT2D eigenvalue weighted by Crippen LogP contribution is 2.30. The molecule has 0 radical (unpaired) electrons. The largest absolute Gasteiger partial charge is 0.306 e. The predicted octanol–water partition coefficient (Wildman–Crippen LogP) is 3.66. The fourth-order valence-electron chi connectivity index (χ4n) is 3.14. The van der Waals surface area contributed by atoms with Gasteiger partial charge < -0.3 is 4.90 Å². The van der Waals surface area contributed by atoms with Crippen LogP contribution in [0.4, 0.5) is 14.5 Å². The van der Waals surface area contributed by atoms with Crippen LogP contribution in [0.1, 0.15) is 21.7 Å². The van der Waals surface area contributed by atoms with E-state index in [2.05, 4.69) is 5.10 Å². The average Bonchev–Trinajstić information content (AvgIpc) is 3.18. The van der Waals surface area contributed by atoms with Crippen LogP contribution >= 0.6 is 0 Å². The Bertz CT molecular complexity index is 963. The van der Waals surface area contributed by atoms with Gasteiger partial charge in [-0.25, -0.2) is 13.5 Å². The van der Waals surface area contributed by atoms with Crippen molar-refractivity contribution in [3.63, 3.8) is 0 Å². The van der Waals surface area contributed by atoms with E-state index in [1.165, 1.54) is 24.3 Å². The number of benzene rings is 2. The van der Waals surface area contributed by atoms with Crippen molar-refractivity contribution in [2.24, 2.45) is 0 Å². The highest BCUT2D eigenvalue weighted by molar-refractivity contribution is 6.06. The summed E-state index contributed by atoms with van der Waals surface area (Å²) in [5.74, 6) is -0.857. The molecule has 3 aromatic rings. The monoisotopic (exact) mass is 339 g/mol. The second-order valence-corrected chi connectivity index (χ2v) is 6.04. The van der Waals surface area contributed by atoms with Crippen molar-refractivity contribution in [3.05, 3.63) is 77.1 Å². The lowest BCUT2D eigenvalue weighted by Gasteiger charge is -2.15. The molecule has 2 aromatic carbocycles. The van der Waals surface area contributed by atoms with E-state index < -0.39 is 0 Å². The van der Waals surface area contributed by atoms with Crippen LogP contribution in [-0.2, 0) is 6.42 Å². The molecule has 0 saturated heterocycles. The van der Waals surface area contributed by atoms with Crippen LogP contribution in [-0.4, -0.2) is 22.2 Å². The lowest BCUT2D eigenvalue weighted by molar-refractivity contribution is 0.0984. The maximum absolute atomic E-state index is 13.3. The van der Waals surface area contributed by atoms with Crippen molar-refractivity contribution in [1.29, 1.82) is 0 Å². The van der Waals surface area contributed by atoms with Crippen LogP contribution in [0.15, 0.2) is 48.5 Å². The highest BCUT2D eigenvalue weighted by atomic mass is 19.1. The maximum atomic E-state index is 13.3. The first-order valence-corrected chi connectivity index (χ1v) is 7.96. The molecule has 6 heteroatoms. The van der Waals surface area contributed by atoms with Gasteiger partial charge in [0, 0.05) is 17.9 Å². The molecule has 0 aliphatic carbocycles. The molecular weight excluding hydrogens is 324 g/mol. The minimum absolute atomic E-state index is 0.227. The van der Waals surface area contributed by atoms with Crippen molar-refractivity contribution in [2.75, 3.05) is 11.4 Å². The number of aromatic nitrogens is 2. The molecule has 0 unspecified atom stereocenters. The van der Waals surface area contributed by atoms with Gasteiger partial charge in [-0.1, -0.05) is 0 Å². The van der Waals surface area contributed by atoms with Crippen LogP contribution in [0.5, 0.6) is 0 Å². The topological polar surface area (TPSA) is 38.1 Å². The van der Waals surface area contributed by atoms with E-state index in [-0.39, 0.29) is 17.5 Å². The van der Waals surface area contributed by atoms with Crippen LogP contribution in [0, 0.1) is 18.6 Å². The number of aryl methyl sites for hydroxylation is 1. The first-order valence-electron chi connectivity index (χ1n) is 7.96. The standard InChI is InChI=1S/C19H15F2N3O/c1-12-10-17(22-24(12)16-5-2-14(20)3-6-16)19(25)23-9-8-13-11-15(21)4-7-18(13)23/h2-7,10-11H,8-9H2,1H3. The Hall–Kier alpha value is -3.02. The Kier molecular flexibility index (Phi) is 3.60. The molecule has 0 spiro atoms. The van der Waals surface area contributed by atoms with Gasteiger partial charge in [-0.15, -0.1) is 0 Å². The lowest BCUT2D eigenvalue weighted by atomic mass is 10.1. The van der Waals surface area contributed by atoms with Gasteiger partial charge in [0.25, 0.3) is 5.91 Å². The molecule has 4 nitrogen and oxygen atoms in total. The van der Waals surface area contributed by atoms with E-state index in [1.54, 1.807) is 33.8 Å². The van der Waals surface area contributed by atoms with Gasteiger partial charge in [0.05, 0.1) is 5.69 Å². The summed E-state index contributed by atoms with van der Waals surface area (Å²) in [6, 6.07) is 12.1. The zero-order valence-electron chi connectivity index (χ0n) is 13.5. The third-order valence-electron chi connectivity index (χ3n) is 4.36. The van der Waals surface area contributed by atoms with E-state index in [0.29, 0.717) is 24.3 Å². The fourth-order valence-corrected chi connectivity index (χ4v) is 3.14. The summed E-state index contributed by atoms with van der Waals surface area (Å²) in [5, 5.41) is 4.37. The SMILES string of the molecule is Cc1cc(C(=O)N2CCc3cc(F)ccc32)nn1-c1ccc(F)cc1. The first kappa shape index (κ1) is 15.5. The molecule has 0 saturated carbocycles. The third-order valence-corrected chi connectivity index (χ3v) is 4.36. The molecule has 0 bridgehead atoms. The molecule has 25 heavy (non-hydrogen) atoms. The zero-order chi connectivity index (χ0) is 17.6. The Morgan fingerprint density at radius 2 is 1.76 bits per heavy atom. The summed E-state index contributed by atoms with van der Waals surface area (Å²) < 4.78 is 28.0. The van der Waals surface area contributed by atoms with Gasteiger partial charge in [-0.05, 0) is 67.4 Å². The molecule has 4 rings (SSSR count). The summed E-state index contributed by atoms with van der Waals surface area (Å²) in [4.78, 5) is 14.5. The van der Waals surface area contributed by atoms with Crippen LogP contribution in [0.25, 0.3) is 5.69 Å². The smallest absolute Gasteiger partial charge is 0.278 e. The first-order chi connectivity index (χ1) is 12.0. The molecule has 0 fully saturated rings. The second kappa shape index (κ2) is 5.81. The lowest BCUT2D eigenvalue weighted by Crippen LogP contribution is -2.29. The molecule has 1 aliphatic heterocycles. The maximum Gasteiger partial charge on any atom is 0.278 e. The van der Waals surface area contributed by atoms with E-state index in [9.17, 15) is 13.6 Å². The number of hydrogen-bond donors (Lipinski definition) is 0. The van der Waals surface area contributed by atoms with Crippen molar-refractivity contribution in [3.8, 4) is 5.69 Å². The molecule has 126 valence electrons. The Morgan fingerprint density at radius 3 is 2.52 bits per heavy atom. The Balaban J connectivity index is 1.67. The third kappa shape index (κ3) is 2.69. The highest BCUT2D eigenvalue weighted by Gasteiger charge is 2.27. The van der Waals surface area contributed by atoms with Crippen LogP contribution in [0.3, 0.4) is 0 Å². The number of carbonyl (C=O) groups excluding carboxylic acids is 1. The number of rotatable bonds is 2. The molecule has 1 aliphatic rings. The molecule has 0 N–H and O–H groups in total. The van der Waals surface area contributed by atoms with Crippen LogP contribution in [0.2, 0.25) is 0 Å². The van der Waals surface area contributed by atoms with Gasteiger partial charge in [-0.2, -0.15) is 5.10 Å². The number of amides is 1. The van der Waals surface area contributed by atoms with Crippen LogP contribution < -0.4 is 4.90 Å². The number of nitrogens with zero attached hydrogens (tertiary/aromatic N) is 3. The number of anilines is 1.